The Morgan fingerprint density at radius 1 is 1.35 bits per heavy atom. The molecule has 0 unspecified atom stereocenters. The zero-order valence-corrected chi connectivity index (χ0v) is 13.2. The Kier molecular flexibility index (Phi) is 3.87. The van der Waals surface area contributed by atoms with E-state index in [2.05, 4.69) is 15.0 Å². The summed E-state index contributed by atoms with van der Waals surface area (Å²) >= 11 is 5.85. The van der Waals surface area contributed by atoms with E-state index in [1.807, 2.05) is 0 Å². The van der Waals surface area contributed by atoms with Gasteiger partial charge < -0.3 is 9.72 Å². The van der Waals surface area contributed by atoms with Crippen LogP contribution in [0.2, 0.25) is 5.28 Å². The number of ether oxygens (including phenoxy) is 1. The smallest absolute Gasteiger partial charge is 0.343 e. The number of aromatic nitrogens is 4. The van der Waals surface area contributed by atoms with Crippen LogP contribution < -0.4 is 5.69 Å². The van der Waals surface area contributed by atoms with Crippen LogP contribution in [0.25, 0.3) is 16.9 Å². The second kappa shape index (κ2) is 5.85. The number of para-hydroxylation sites is 2. The van der Waals surface area contributed by atoms with Gasteiger partial charge >= 0.3 is 11.7 Å². The summed E-state index contributed by atoms with van der Waals surface area (Å²) in [6.07, 6.45) is 0.939. The summed E-state index contributed by atoms with van der Waals surface area (Å²) in [5.41, 5.74) is 0.829. The molecule has 7 nitrogen and oxygen atoms in total. The van der Waals surface area contributed by atoms with Crippen molar-refractivity contribution in [3.8, 4) is 5.82 Å². The summed E-state index contributed by atoms with van der Waals surface area (Å²) in [7, 11) is 0. The number of hydrogen-bond donors (Lipinski definition) is 1. The van der Waals surface area contributed by atoms with Gasteiger partial charge in [0.15, 0.2) is 5.82 Å². The number of nitrogens with zero attached hydrogens (tertiary/aromatic N) is 3. The maximum atomic E-state index is 12.3. The molecule has 1 N–H and O–H groups in total. The molecule has 0 aliphatic carbocycles. The molecule has 2 heterocycles. The lowest BCUT2D eigenvalue weighted by atomic mass is 10.2. The SMILES string of the molecule is CC(C)OC(=O)c1cnc(Cl)nc1-n1c(=O)[nH]c2ccccc21. The fourth-order valence-electron chi connectivity index (χ4n) is 2.21. The molecule has 0 aliphatic heterocycles. The van der Waals surface area contributed by atoms with E-state index in [1.54, 1.807) is 38.1 Å². The number of halogens is 1. The van der Waals surface area contributed by atoms with Crippen LogP contribution in [0.1, 0.15) is 24.2 Å². The van der Waals surface area contributed by atoms with E-state index in [0.717, 1.165) is 0 Å². The zero-order chi connectivity index (χ0) is 16.6. The zero-order valence-electron chi connectivity index (χ0n) is 12.4. The van der Waals surface area contributed by atoms with Gasteiger partial charge in [0, 0.05) is 6.20 Å². The summed E-state index contributed by atoms with van der Waals surface area (Å²) in [5, 5.41) is -0.0710. The third-order valence-corrected chi connectivity index (χ3v) is 3.29. The van der Waals surface area contributed by atoms with E-state index < -0.39 is 11.7 Å². The summed E-state index contributed by atoms with van der Waals surface area (Å²) < 4.78 is 6.46. The fraction of sp³-hybridized carbons (Fsp3) is 0.200. The van der Waals surface area contributed by atoms with Gasteiger partial charge in [-0.25, -0.2) is 19.1 Å². The first-order valence-electron chi connectivity index (χ1n) is 6.91. The number of esters is 1. The largest absolute Gasteiger partial charge is 0.459 e. The van der Waals surface area contributed by atoms with Crippen molar-refractivity contribution in [2.45, 2.75) is 20.0 Å². The Morgan fingerprint density at radius 3 is 2.83 bits per heavy atom. The molecule has 23 heavy (non-hydrogen) atoms. The van der Waals surface area contributed by atoms with Crippen molar-refractivity contribution in [2.75, 3.05) is 0 Å². The van der Waals surface area contributed by atoms with Crippen molar-refractivity contribution in [1.29, 1.82) is 0 Å². The Bertz CT molecular complexity index is 945. The molecule has 0 amide bonds. The molecular weight excluding hydrogens is 320 g/mol. The number of carbonyl (C=O) groups excluding carboxylic acids is 1. The van der Waals surface area contributed by atoms with Crippen LogP contribution in [-0.2, 0) is 4.74 Å². The monoisotopic (exact) mass is 332 g/mol. The molecular formula is C15H13ClN4O3. The molecule has 0 saturated heterocycles. The van der Waals surface area contributed by atoms with Crippen molar-refractivity contribution < 1.29 is 9.53 Å². The number of benzene rings is 1. The number of nitrogens with one attached hydrogen (secondary N) is 1. The van der Waals surface area contributed by atoms with Crippen molar-refractivity contribution >= 4 is 28.6 Å². The van der Waals surface area contributed by atoms with Gasteiger partial charge in [-0.2, -0.15) is 4.98 Å². The highest BCUT2D eigenvalue weighted by atomic mass is 35.5. The molecule has 8 heteroatoms. The lowest BCUT2D eigenvalue weighted by molar-refractivity contribution is 0.0377. The van der Waals surface area contributed by atoms with Gasteiger partial charge in [-0.3, -0.25) is 0 Å². The number of H-pyrrole nitrogens is 1. The lowest BCUT2D eigenvalue weighted by Gasteiger charge is -2.11. The molecule has 3 rings (SSSR count). The van der Waals surface area contributed by atoms with Crippen LogP contribution >= 0.6 is 11.6 Å². The molecule has 0 atom stereocenters. The van der Waals surface area contributed by atoms with E-state index in [1.165, 1.54) is 10.8 Å². The highest BCUT2D eigenvalue weighted by Gasteiger charge is 2.21. The third-order valence-electron chi connectivity index (χ3n) is 3.10. The first-order chi connectivity index (χ1) is 11.0. The number of imidazole rings is 1. The highest BCUT2D eigenvalue weighted by molar-refractivity contribution is 6.28. The molecule has 0 radical (unpaired) electrons. The van der Waals surface area contributed by atoms with Gasteiger partial charge in [0.2, 0.25) is 5.28 Å². The summed E-state index contributed by atoms with van der Waals surface area (Å²) in [6, 6.07) is 7.06. The molecule has 0 saturated carbocycles. The predicted molar refractivity (Wildman–Crippen MR) is 85.0 cm³/mol. The maximum Gasteiger partial charge on any atom is 0.343 e. The molecule has 0 aliphatic rings. The van der Waals surface area contributed by atoms with Gasteiger partial charge in [0.25, 0.3) is 0 Å². The lowest BCUT2D eigenvalue weighted by Crippen LogP contribution is -2.21. The Hall–Kier alpha value is -2.67. The Labute approximate surface area is 135 Å². The van der Waals surface area contributed by atoms with Crippen LogP contribution in [0.4, 0.5) is 0 Å². The fourth-order valence-corrected chi connectivity index (χ4v) is 2.34. The molecule has 3 aromatic rings. The van der Waals surface area contributed by atoms with Gasteiger partial charge in [-0.1, -0.05) is 12.1 Å². The standard InChI is InChI=1S/C15H13ClN4O3/c1-8(2)23-13(21)9-7-17-14(16)19-12(9)20-11-6-4-3-5-10(11)18-15(20)22/h3-8H,1-2H3,(H,18,22). The predicted octanol–water partition coefficient (Wildman–Crippen LogP) is 2.33. The minimum Gasteiger partial charge on any atom is -0.459 e. The maximum absolute atomic E-state index is 12.3. The van der Waals surface area contributed by atoms with Crippen LogP contribution in [0.5, 0.6) is 0 Å². The van der Waals surface area contributed by atoms with Crippen molar-refractivity contribution in [3.05, 3.63) is 51.8 Å². The van der Waals surface area contributed by atoms with Crippen molar-refractivity contribution in [3.63, 3.8) is 0 Å². The minimum atomic E-state index is -0.621. The van der Waals surface area contributed by atoms with Gasteiger partial charge in [0.1, 0.15) is 5.56 Å². The Balaban J connectivity index is 2.26. The van der Waals surface area contributed by atoms with Crippen LogP contribution in [0, 0.1) is 0 Å². The molecule has 118 valence electrons. The quantitative estimate of drug-likeness (QED) is 0.587. The molecule has 0 spiro atoms. The van der Waals surface area contributed by atoms with E-state index in [-0.39, 0.29) is 22.8 Å². The van der Waals surface area contributed by atoms with E-state index >= 15 is 0 Å². The minimum absolute atomic E-state index is 0.0648. The molecule has 1 aromatic carbocycles. The van der Waals surface area contributed by atoms with E-state index in [9.17, 15) is 9.59 Å². The first kappa shape index (κ1) is 15.2. The van der Waals surface area contributed by atoms with Crippen molar-refractivity contribution in [2.24, 2.45) is 0 Å². The highest BCUT2D eigenvalue weighted by Crippen LogP contribution is 2.19. The average Bonchev–Trinajstić information content (AvgIpc) is 2.81. The first-order valence-corrected chi connectivity index (χ1v) is 7.29. The number of carbonyl (C=O) groups is 1. The van der Waals surface area contributed by atoms with Crippen LogP contribution in [0.3, 0.4) is 0 Å². The van der Waals surface area contributed by atoms with Gasteiger partial charge in [-0.05, 0) is 37.6 Å². The summed E-state index contributed by atoms with van der Waals surface area (Å²) in [6.45, 7) is 3.46. The topological polar surface area (TPSA) is 89.9 Å². The third kappa shape index (κ3) is 2.83. The van der Waals surface area contributed by atoms with Gasteiger partial charge in [-0.15, -0.1) is 0 Å². The number of hydrogen-bond acceptors (Lipinski definition) is 5. The number of fused-ring (bicyclic) bond motifs is 1. The second-order valence-electron chi connectivity index (χ2n) is 5.11. The number of aromatic amines is 1. The van der Waals surface area contributed by atoms with Crippen LogP contribution in [0.15, 0.2) is 35.3 Å². The normalized spacial score (nSPS) is 11.1. The summed E-state index contributed by atoms with van der Waals surface area (Å²) in [4.78, 5) is 35.1. The van der Waals surface area contributed by atoms with Gasteiger partial charge in [0.05, 0.1) is 17.1 Å². The molecule has 0 bridgehead atoms. The number of rotatable bonds is 3. The van der Waals surface area contributed by atoms with Crippen LogP contribution in [-0.4, -0.2) is 31.6 Å². The second-order valence-corrected chi connectivity index (χ2v) is 5.45. The van der Waals surface area contributed by atoms with E-state index in [0.29, 0.717) is 11.0 Å². The average molecular weight is 333 g/mol. The molecule has 0 fully saturated rings. The van der Waals surface area contributed by atoms with E-state index in [4.69, 9.17) is 16.3 Å². The molecule has 2 aromatic heterocycles. The Morgan fingerprint density at radius 2 is 2.09 bits per heavy atom. The van der Waals surface area contributed by atoms with Crippen molar-refractivity contribution in [1.82, 2.24) is 19.5 Å². The summed E-state index contributed by atoms with van der Waals surface area (Å²) in [5.74, 6) is -0.540.